The highest BCUT2D eigenvalue weighted by molar-refractivity contribution is 5.90. The van der Waals surface area contributed by atoms with Gasteiger partial charge in [-0.3, -0.25) is 15.0 Å². The molecule has 22 heavy (non-hydrogen) atoms. The van der Waals surface area contributed by atoms with Gasteiger partial charge in [0, 0.05) is 6.54 Å². The van der Waals surface area contributed by atoms with Crippen LogP contribution in [0.3, 0.4) is 0 Å². The SMILES string of the molecule is N=C(N)NCCC[C@H](NC(=O)[C@H](CO)NC(=O)CN)C(=O)O. The molecule has 11 nitrogen and oxygen atoms in total. The quantitative estimate of drug-likeness (QED) is 0.114. The number of aliphatic hydroxyl groups is 1. The van der Waals surface area contributed by atoms with Crippen molar-refractivity contribution in [1.29, 1.82) is 5.41 Å². The summed E-state index contributed by atoms with van der Waals surface area (Å²) in [6, 6.07) is -2.46. The number of hydrogen-bond donors (Lipinski definition) is 8. The lowest BCUT2D eigenvalue weighted by atomic mass is 10.1. The maximum atomic E-state index is 11.8. The van der Waals surface area contributed by atoms with Crippen LogP contribution in [0, 0.1) is 5.41 Å². The van der Waals surface area contributed by atoms with Crippen molar-refractivity contribution in [1.82, 2.24) is 16.0 Å². The van der Waals surface area contributed by atoms with Crippen LogP contribution in [-0.4, -0.2) is 65.7 Å². The van der Waals surface area contributed by atoms with E-state index in [1.807, 2.05) is 0 Å². The zero-order chi connectivity index (χ0) is 17.1. The van der Waals surface area contributed by atoms with E-state index in [9.17, 15) is 14.4 Å². The molecule has 0 aromatic carbocycles. The average Bonchev–Trinajstić information content (AvgIpc) is 2.46. The smallest absolute Gasteiger partial charge is 0.326 e. The number of carbonyl (C=O) groups is 3. The normalized spacial score (nSPS) is 12.8. The van der Waals surface area contributed by atoms with E-state index in [1.165, 1.54) is 0 Å². The molecule has 126 valence electrons. The number of carboxylic acids is 1. The van der Waals surface area contributed by atoms with Gasteiger partial charge in [-0.1, -0.05) is 0 Å². The highest BCUT2D eigenvalue weighted by Crippen LogP contribution is 1.98. The van der Waals surface area contributed by atoms with E-state index in [0.29, 0.717) is 6.42 Å². The molecule has 0 aromatic rings. The number of hydrogen-bond acceptors (Lipinski definition) is 6. The third kappa shape index (κ3) is 8.01. The van der Waals surface area contributed by atoms with Crippen molar-refractivity contribution >= 4 is 23.7 Å². The first-order valence-corrected chi connectivity index (χ1v) is 6.53. The van der Waals surface area contributed by atoms with Crippen LogP contribution in [0.1, 0.15) is 12.8 Å². The van der Waals surface area contributed by atoms with Crippen LogP contribution in [-0.2, 0) is 14.4 Å². The predicted octanol–water partition coefficient (Wildman–Crippen LogP) is -3.75. The molecule has 0 fully saturated rings. The lowest BCUT2D eigenvalue weighted by molar-refractivity contribution is -0.142. The van der Waals surface area contributed by atoms with Crippen molar-refractivity contribution in [2.45, 2.75) is 24.9 Å². The van der Waals surface area contributed by atoms with E-state index in [-0.39, 0.29) is 25.5 Å². The second kappa shape index (κ2) is 10.3. The average molecular weight is 318 g/mol. The van der Waals surface area contributed by atoms with Crippen LogP contribution in [0.15, 0.2) is 0 Å². The molecular weight excluding hydrogens is 296 g/mol. The van der Waals surface area contributed by atoms with E-state index in [4.69, 9.17) is 27.1 Å². The van der Waals surface area contributed by atoms with Gasteiger partial charge in [0.1, 0.15) is 12.1 Å². The Bertz CT molecular complexity index is 416. The summed E-state index contributed by atoms with van der Waals surface area (Å²) in [5, 5.41) is 31.9. The number of carbonyl (C=O) groups excluding carboxylic acids is 2. The molecule has 0 radical (unpaired) electrons. The summed E-state index contributed by atoms with van der Waals surface area (Å²) in [6.45, 7) is -0.763. The number of nitrogens with two attached hydrogens (primary N) is 2. The van der Waals surface area contributed by atoms with Crippen LogP contribution in [0.25, 0.3) is 0 Å². The predicted molar refractivity (Wildman–Crippen MR) is 76.8 cm³/mol. The number of nitrogens with one attached hydrogen (secondary N) is 4. The molecule has 0 aliphatic carbocycles. The van der Waals surface area contributed by atoms with Gasteiger partial charge in [-0.25, -0.2) is 4.79 Å². The number of carboxylic acid groups (broad SMARTS) is 1. The fourth-order valence-electron chi connectivity index (χ4n) is 1.51. The van der Waals surface area contributed by atoms with Crippen LogP contribution in [0.2, 0.25) is 0 Å². The highest BCUT2D eigenvalue weighted by Gasteiger charge is 2.25. The highest BCUT2D eigenvalue weighted by atomic mass is 16.4. The van der Waals surface area contributed by atoms with E-state index in [1.54, 1.807) is 0 Å². The van der Waals surface area contributed by atoms with E-state index < -0.39 is 36.5 Å². The minimum Gasteiger partial charge on any atom is -0.480 e. The van der Waals surface area contributed by atoms with Crippen molar-refractivity contribution in [3.8, 4) is 0 Å². The van der Waals surface area contributed by atoms with Crippen LogP contribution >= 0.6 is 0 Å². The van der Waals surface area contributed by atoms with Gasteiger partial charge in [0.25, 0.3) is 0 Å². The number of aliphatic hydroxyl groups excluding tert-OH is 1. The lowest BCUT2D eigenvalue weighted by Gasteiger charge is -2.19. The molecule has 0 saturated heterocycles. The molecule has 0 spiro atoms. The summed E-state index contributed by atoms with van der Waals surface area (Å²) in [5.41, 5.74) is 10.2. The van der Waals surface area contributed by atoms with E-state index >= 15 is 0 Å². The Kier molecular flexibility index (Phi) is 9.22. The molecule has 2 atom stereocenters. The minimum absolute atomic E-state index is 0.0876. The van der Waals surface area contributed by atoms with Gasteiger partial charge in [-0.05, 0) is 12.8 Å². The number of guanidine groups is 1. The van der Waals surface area contributed by atoms with Crippen molar-refractivity contribution < 1.29 is 24.6 Å². The summed E-state index contributed by atoms with van der Waals surface area (Å²) in [5.74, 6) is -2.96. The first-order chi connectivity index (χ1) is 10.3. The maximum absolute atomic E-state index is 11.8. The van der Waals surface area contributed by atoms with E-state index in [2.05, 4.69) is 16.0 Å². The molecule has 0 aliphatic heterocycles. The first-order valence-electron chi connectivity index (χ1n) is 6.53. The molecule has 0 aromatic heterocycles. The summed E-state index contributed by atoms with van der Waals surface area (Å²) in [6.07, 6.45) is 0.431. The third-order valence-electron chi connectivity index (χ3n) is 2.62. The molecule has 11 heteroatoms. The monoisotopic (exact) mass is 318 g/mol. The Balaban J connectivity index is 4.46. The fraction of sp³-hybridized carbons (Fsp3) is 0.636. The van der Waals surface area contributed by atoms with Gasteiger partial charge in [0.15, 0.2) is 5.96 Å². The van der Waals surface area contributed by atoms with Gasteiger partial charge in [-0.15, -0.1) is 0 Å². The Hall–Kier alpha value is -2.40. The zero-order valence-corrected chi connectivity index (χ0v) is 12.0. The first kappa shape index (κ1) is 19.6. The number of amides is 2. The number of rotatable bonds is 10. The molecule has 0 saturated carbocycles. The Morgan fingerprint density at radius 2 is 1.82 bits per heavy atom. The van der Waals surface area contributed by atoms with Crippen molar-refractivity contribution in [2.75, 3.05) is 19.7 Å². The topological polar surface area (TPSA) is 204 Å². The third-order valence-corrected chi connectivity index (χ3v) is 2.62. The second-order valence-corrected chi connectivity index (χ2v) is 4.39. The summed E-state index contributed by atoms with van der Waals surface area (Å²) < 4.78 is 0. The summed E-state index contributed by atoms with van der Waals surface area (Å²) >= 11 is 0. The second-order valence-electron chi connectivity index (χ2n) is 4.39. The zero-order valence-electron chi connectivity index (χ0n) is 12.0. The Morgan fingerprint density at radius 1 is 1.18 bits per heavy atom. The molecule has 0 unspecified atom stereocenters. The summed E-state index contributed by atoms with van der Waals surface area (Å²) in [4.78, 5) is 34.0. The van der Waals surface area contributed by atoms with Gasteiger partial charge in [0.2, 0.25) is 11.8 Å². The molecule has 10 N–H and O–H groups in total. The van der Waals surface area contributed by atoms with Gasteiger partial charge in [0.05, 0.1) is 13.2 Å². The van der Waals surface area contributed by atoms with Gasteiger partial charge in [-0.2, -0.15) is 0 Å². The largest absolute Gasteiger partial charge is 0.480 e. The molecule has 0 aliphatic rings. The lowest BCUT2D eigenvalue weighted by Crippen LogP contribution is -2.54. The molecule has 2 amide bonds. The molecule has 0 rings (SSSR count). The van der Waals surface area contributed by atoms with Crippen molar-refractivity contribution in [3.63, 3.8) is 0 Å². The van der Waals surface area contributed by atoms with Crippen molar-refractivity contribution in [2.24, 2.45) is 11.5 Å². The van der Waals surface area contributed by atoms with Gasteiger partial charge < -0.3 is 37.6 Å². The minimum atomic E-state index is -1.27. The fourth-order valence-corrected chi connectivity index (χ4v) is 1.51. The van der Waals surface area contributed by atoms with Crippen molar-refractivity contribution in [3.05, 3.63) is 0 Å². The molecule has 0 heterocycles. The van der Waals surface area contributed by atoms with E-state index in [0.717, 1.165) is 0 Å². The summed E-state index contributed by atoms with van der Waals surface area (Å²) in [7, 11) is 0. The maximum Gasteiger partial charge on any atom is 0.326 e. The Labute approximate surface area is 126 Å². The molecular formula is C11H22N6O5. The van der Waals surface area contributed by atoms with Crippen LogP contribution in [0.5, 0.6) is 0 Å². The standard InChI is InChI=1S/C11H22N6O5/c12-4-8(19)16-7(5-18)9(20)17-6(10(21)22)2-1-3-15-11(13)14/h6-7,18H,1-5,12H2,(H,16,19)(H,17,20)(H,21,22)(H4,13,14,15)/t6-,7-/m0/s1. The number of aliphatic carboxylic acids is 1. The van der Waals surface area contributed by atoms with Gasteiger partial charge >= 0.3 is 5.97 Å². The van der Waals surface area contributed by atoms with Crippen LogP contribution in [0.4, 0.5) is 0 Å². The molecule has 0 bridgehead atoms. The Morgan fingerprint density at radius 3 is 2.27 bits per heavy atom. The van der Waals surface area contributed by atoms with Crippen LogP contribution < -0.4 is 27.4 Å².